The van der Waals surface area contributed by atoms with Gasteiger partial charge in [0.2, 0.25) is 0 Å². The van der Waals surface area contributed by atoms with E-state index in [-0.39, 0.29) is 5.91 Å². The maximum Gasteiger partial charge on any atom is 0.264 e. The van der Waals surface area contributed by atoms with Gasteiger partial charge in [0.15, 0.2) is 0 Å². The quantitative estimate of drug-likeness (QED) is 0.844. The number of thiophene rings is 1. The predicted molar refractivity (Wildman–Crippen MR) is 102 cm³/mol. The lowest BCUT2D eigenvalue weighted by molar-refractivity contribution is 0.0751. The molecule has 5 heteroatoms. The zero-order valence-electron chi connectivity index (χ0n) is 14.8. The molecule has 1 aliphatic carbocycles. The minimum atomic E-state index is 0.216. The summed E-state index contributed by atoms with van der Waals surface area (Å²) in [5.41, 5.74) is 1.43. The average molecular weight is 356 g/mol. The van der Waals surface area contributed by atoms with Crippen LogP contribution in [-0.4, -0.2) is 42.0 Å². The number of pyridine rings is 1. The van der Waals surface area contributed by atoms with E-state index >= 15 is 0 Å². The Balaban J connectivity index is 1.40. The molecule has 2 aromatic heterocycles. The van der Waals surface area contributed by atoms with E-state index in [2.05, 4.69) is 22.9 Å². The van der Waals surface area contributed by atoms with Crippen molar-refractivity contribution in [3.63, 3.8) is 0 Å². The van der Waals surface area contributed by atoms with Crippen LogP contribution in [0.15, 0.2) is 30.5 Å². The number of carbonyl (C=O) groups excluding carboxylic acids is 1. The van der Waals surface area contributed by atoms with Gasteiger partial charge < -0.3 is 9.80 Å². The number of amides is 1. The number of anilines is 1. The maximum atomic E-state index is 12.9. The van der Waals surface area contributed by atoms with Crippen molar-refractivity contribution in [3.8, 4) is 0 Å². The summed E-state index contributed by atoms with van der Waals surface area (Å²) in [6.07, 6.45) is 6.66. The Morgan fingerprint density at radius 3 is 2.84 bits per heavy atom. The summed E-state index contributed by atoms with van der Waals surface area (Å²) in [6.45, 7) is 5.53. The highest BCUT2D eigenvalue weighted by Gasteiger charge is 2.26. The van der Waals surface area contributed by atoms with Gasteiger partial charge in [-0.2, -0.15) is 0 Å². The van der Waals surface area contributed by atoms with Crippen LogP contribution in [0.3, 0.4) is 0 Å². The molecule has 3 heterocycles. The van der Waals surface area contributed by atoms with E-state index in [0.717, 1.165) is 55.6 Å². The largest absolute Gasteiger partial charge is 0.353 e. The van der Waals surface area contributed by atoms with Gasteiger partial charge in [0.05, 0.1) is 4.88 Å². The van der Waals surface area contributed by atoms with Crippen molar-refractivity contribution in [3.05, 3.63) is 45.8 Å². The third-order valence-electron chi connectivity index (χ3n) is 5.51. The Labute approximate surface area is 153 Å². The number of hydrogen-bond acceptors (Lipinski definition) is 4. The van der Waals surface area contributed by atoms with Gasteiger partial charge in [0.1, 0.15) is 5.82 Å². The van der Waals surface area contributed by atoms with Crippen LogP contribution in [-0.2, 0) is 12.8 Å². The van der Waals surface area contributed by atoms with Gasteiger partial charge >= 0.3 is 0 Å². The molecule has 1 aliphatic heterocycles. The molecule has 0 bridgehead atoms. The molecular formula is C20H25N3OS. The lowest BCUT2D eigenvalue weighted by Gasteiger charge is -2.35. The molecule has 4 rings (SSSR count). The second kappa shape index (κ2) is 7.16. The number of rotatable bonds is 3. The summed E-state index contributed by atoms with van der Waals surface area (Å²) in [5.74, 6) is 2.02. The molecule has 0 unspecified atom stereocenters. The second-order valence-corrected chi connectivity index (χ2v) is 8.18. The fraction of sp³-hybridized carbons (Fsp3) is 0.500. The van der Waals surface area contributed by atoms with Gasteiger partial charge in [-0.25, -0.2) is 4.98 Å². The number of carbonyl (C=O) groups is 1. The van der Waals surface area contributed by atoms with Crippen LogP contribution in [0.5, 0.6) is 0 Å². The first kappa shape index (κ1) is 16.6. The Kier molecular flexibility index (Phi) is 4.75. The van der Waals surface area contributed by atoms with E-state index in [1.165, 1.54) is 23.3 Å². The summed E-state index contributed by atoms with van der Waals surface area (Å²) < 4.78 is 0. The maximum absolute atomic E-state index is 12.9. The van der Waals surface area contributed by atoms with Crippen LogP contribution in [0, 0.1) is 5.92 Å². The van der Waals surface area contributed by atoms with Crippen LogP contribution in [0.2, 0.25) is 0 Å². The molecule has 0 aromatic carbocycles. The zero-order valence-corrected chi connectivity index (χ0v) is 15.6. The van der Waals surface area contributed by atoms with Crippen molar-refractivity contribution >= 4 is 23.1 Å². The van der Waals surface area contributed by atoms with Gasteiger partial charge in [-0.3, -0.25) is 4.79 Å². The first-order chi connectivity index (χ1) is 12.2. The number of aryl methyl sites for hydroxylation is 1. The van der Waals surface area contributed by atoms with Gasteiger partial charge in [-0.1, -0.05) is 19.4 Å². The second-order valence-electron chi connectivity index (χ2n) is 7.04. The molecule has 0 spiro atoms. The van der Waals surface area contributed by atoms with Crippen LogP contribution < -0.4 is 4.90 Å². The standard InChI is InChI=1S/C20H25N3OS/c1-2-15-6-7-17-16(13-15)14-18(25-17)20(24)23-11-9-22(10-12-23)19-5-3-4-8-21-19/h3-5,8,14-15H,2,6-7,9-13H2,1H3/t15-/m1/s1. The summed E-state index contributed by atoms with van der Waals surface area (Å²) in [7, 11) is 0. The van der Waals surface area contributed by atoms with E-state index in [4.69, 9.17) is 0 Å². The molecular weight excluding hydrogens is 330 g/mol. The van der Waals surface area contributed by atoms with Crippen molar-refractivity contribution in [1.82, 2.24) is 9.88 Å². The minimum absolute atomic E-state index is 0.216. The first-order valence-electron chi connectivity index (χ1n) is 9.31. The highest BCUT2D eigenvalue weighted by atomic mass is 32.1. The van der Waals surface area contributed by atoms with Gasteiger partial charge in [-0.05, 0) is 48.9 Å². The molecule has 2 aliphatic rings. The molecule has 1 amide bonds. The van der Waals surface area contributed by atoms with Gasteiger partial charge in [0.25, 0.3) is 5.91 Å². The lowest BCUT2D eigenvalue weighted by atomic mass is 9.87. The Hall–Kier alpha value is -1.88. The fourth-order valence-corrected chi connectivity index (χ4v) is 5.06. The molecule has 132 valence electrons. The Bertz CT molecular complexity index is 735. The molecule has 25 heavy (non-hydrogen) atoms. The number of piperazine rings is 1. The number of nitrogens with zero attached hydrogens (tertiary/aromatic N) is 3. The summed E-state index contributed by atoms with van der Waals surface area (Å²) in [5, 5.41) is 0. The first-order valence-corrected chi connectivity index (χ1v) is 10.1. The molecule has 2 aromatic rings. The summed E-state index contributed by atoms with van der Waals surface area (Å²) >= 11 is 1.73. The SMILES string of the molecule is CC[C@@H]1CCc2sc(C(=O)N3CCN(c4ccccn4)CC3)cc2C1. The molecule has 0 N–H and O–H groups in total. The fourth-order valence-electron chi connectivity index (χ4n) is 3.89. The van der Waals surface area contributed by atoms with E-state index in [9.17, 15) is 4.79 Å². The molecule has 4 nitrogen and oxygen atoms in total. The van der Waals surface area contributed by atoms with E-state index < -0.39 is 0 Å². The van der Waals surface area contributed by atoms with E-state index in [0.29, 0.717) is 0 Å². The van der Waals surface area contributed by atoms with Crippen molar-refractivity contribution in [2.45, 2.75) is 32.6 Å². The highest BCUT2D eigenvalue weighted by molar-refractivity contribution is 7.14. The van der Waals surface area contributed by atoms with E-state index in [1.807, 2.05) is 29.3 Å². The molecule has 0 saturated carbocycles. The molecule has 1 atom stereocenters. The number of hydrogen-bond donors (Lipinski definition) is 0. The smallest absolute Gasteiger partial charge is 0.264 e. The van der Waals surface area contributed by atoms with Crippen molar-refractivity contribution in [2.24, 2.45) is 5.92 Å². The highest BCUT2D eigenvalue weighted by Crippen LogP contribution is 2.34. The Morgan fingerprint density at radius 1 is 1.28 bits per heavy atom. The lowest BCUT2D eigenvalue weighted by Crippen LogP contribution is -2.48. The van der Waals surface area contributed by atoms with Crippen molar-refractivity contribution in [1.29, 1.82) is 0 Å². The topological polar surface area (TPSA) is 36.4 Å². The third kappa shape index (κ3) is 3.43. The van der Waals surface area contributed by atoms with Crippen LogP contribution in [0.25, 0.3) is 0 Å². The molecule has 0 radical (unpaired) electrons. The minimum Gasteiger partial charge on any atom is -0.353 e. The zero-order chi connectivity index (χ0) is 17.2. The van der Waals surface area contributed by atoms with Gasteiger partial charge in [0, 0.05) is 37.3 Å². The Morgan fingerprint density at radius 2 is 2.12 bits per heavy atom. The van der Waals surface area contributed by atoms with E-state index in [1.54, 1.807) is 11.3 Å². The van der Waals surface area contributed by atoms with Crippen LogP contribution in [0.1, 0.15) is 39.9 Å². The molecule has 1 saturated heterocycles. The molecule has 1 fully saturated rings. The summed E-state index contributed by atoms with van der Waals surface area (Å²) in [6, 6.07) is 8.16. The third-order valence-corrected chi connectivity index (χ3v) is 6.74. The van der Waals surface area contributed by atoms with Crippen molar-refractivity contribution < 1.29 is 4.79 Å². The summed E-state index contributed by atoms with van der Waals surface area (Å²) in [4.78, 5) is 24.0. The van der Waals surface area contributed by atoms with Crippen LogP contribution >= 0.6 is 11.3 Å². The van der Waals surface area contributed by atoms with Crippen molar-refractivity contribution in [2.75, 3.05) is 31.1 Å². The number of fused-ring (bicyclic) bond motifs is 1. The monoisotopic (exact) mass is 355 g/mol. The normalized spacial score (nSPS) is 20.4. The number of aromatic nitrogens is 1. The van der Waals surface area contributed by atoms with Gasteiger partial charge in [-0.15, -0.1) is 11.3 Å². The average Bonchev–Trinajstić information content (AvgIpc) is 3.11. The predicted octanol–water partition coefficient (Wildman–Crippen LogP) is 3.62. The van der Waals surface area contributed by atoms with Crippen LogP contribution in [0.4, 0.5) is 5.82 Å².